The van der Waals surface area contributed by atoms with Crippen LogP contribution in [-0.4, -0.2) is 33.9 Å². The van der Waals surface area contributed by atoms with E-state index in [0.29, 0.717) is 6.42 Å². The zero-order valence-electron chi connectivity index (χ0n) is 17.1. The average molecular weight is 402 g/mol. The van der Waals surface area contributed by atoms with Crippen LogP contribution in [0.2, 0.25) is 0 Å². The largest absolute Gasteiger partial charge is 0.481 e. The second kappa shape index (κ2) is 10.0. The molecule has 5 heteroatoms. The lowest BCUT2D eigenvalue weighted by molar-refractivity contribution is -0.132. The Hall–Kier alpha value is -3.21. The summed E-state index contributed by atoms with van der Waals surface area (Å²) in [6, 6.07) is 15.9. The van der Waals surface area contributed by atoms with E-state index in [1.54, 1.807) is 24.8 Å². The number of hydrogen-bond donors (Lipinski definition) is 0. The molecule has 1 aromatic carbocycles. The van der Waals surface area contributed by atoms with Gasteiger partial charge in [0, 0.05) is 44.3 Å². The molecule has 0 unspecified atom stereocenters. The highest BCUT2D eigenvalue weighted by atomic mass is 16.5. The molecule has 0 saturated carbocycles. The van der Waals surface area contributed by atoms with E-state index in [0.717, 1.165) is 54.8 Å². The van der Waals surface area contributed by atoms with Crippen LogP contribution < -0.4 is 4.74 Å². The smallest absolute Gasteiger partial charge is 0.222 e. The molecular formula is C25H27N3O2. The number of rotatable bonds is 7. The Balaban J connectivity index is 1.46. The van der Waals surface area contributed by atoms with Crippen LogP contribution in [-0.2, 0) is 11.2 Å². The summed E-state index contributed by atoms with van der Waals surface area (Å²) in [5.74, 6) is 1.05. The summed E-state index contributed by atoms with van der Waals surface area (Å²) in [5.41, 5.74) is 3.17. The predicted molar refractivity (Wildman–Crippen MR) is 116 cm³/mol. The molecule has 1 saturated heterocycles. The van der Waals surface area contributed by atoms with E-state index in [1.165, 1.54) is 6.42 Å². The molecule has 154 valence electrons. The first-order chi connectivity index (χ1) is 14.8. The number of nitrogens with zero attached hydrogens (tertiary/aromatic N) is 3. The molecule has 3 heterocycles. The summed E-state index contributed by atoms with van der Waals surface area (Å²) in [6.07, 6.45) is 11.6. The Bertz CT molecular complexity index is 901. The van der Waals surface area contributed by atoms with E-state index in [9.17, 15) is 4.79 Å². The van der Waals surface area contributed by atoms with Gasteiger partial charge in [0.2, 0.25) is 5.91 Å². The zero-order chi connectivity index (χ0) is 20.6. The Kier molecular flexibility index (Phi) is 6.70. The normalized spacial score (nSPS) is 14.0. The van der Waals surface area contributed by atoms with Crippen molar-refractivity contribution in [1.29, 1.82) is 0 Å². The maximum atomic E-state index is 12.5. The van der Waals surface area contributed by atoms with Crippen molar-refractivity contribution in [2.45, 2.75) is 38.2 Å². The summed E-state index contributed by atoms with van der Waals surface area (Å²) < 4.78 is 6.40. The van der Waals surface area contributed by atoms with Gasteiger partial charge in [0.25, 0.3) is 0 Å². The van der Waals surface area contributed by atoms with Crippen LogP contribution in [0.3, 0.4) is 0 Å². The number of carbonyl (C=O) groups excluding carboxylic acids is 1. The van der Waals surface area contributed by atoms with E-state index in [1.807, 2.05) is 47.4 Å². The van der Waals surface area contributed by atoms with E-state index in [4.69, 9.17) is 4.74 Å². The van der Waals surface area contributed by atoms with Crippen LogP contribution in [0.15, 0.2) is 73.3 Å². The van der Waals surface area contributed by atoms with Gasteiger partial charge in [-0.25, -0.2) is 0 Å². The molecule has 0 aliphatic carbocycles. The minimum atomic E-state index is -0.249. The third-order valence-electron chi connectivity index (χ3n) is 5.51. The lowest BCUT2D eigenvalue weighted by atomic mass is 10.0. The topological polar surface area (TPSA) is 55.3 Å². The molecule has 0 atom stereocenters. The van der Waals surface area contributed by atoms with Crippen molar-refractivity contribution in [1.82, 2.24) is 14.9 Å². The number of amides is 1. The quantitative estimate of drug-likeness (QED) is 0.581. The van der Waals surface area contributed by atoms with Crippen molar-refractivity contribution in [2.75, 3.05) is 13.1 Å². The van der Waals surface area contributed by atoms with Crippen molar-refractivity contribution in [3.05, 3.63) is 90.0 Å². The fourth-order valence-electron chi connectivity index (χ4n) is 3.87. The number of benzene rings is 1. The molecule has 1 aliphatic heterocycles. The molecule has 0 N–H and O–H groups in total. The fraction of sp³-hybridized carbons (Fsp3) is 0.320. The summed E-state index contributed by atoms with van der Waals surface area (Å²) >= 11 is 0. The molecule has 0 radical (unpaired) electrons. The van der Waals surface area contributed by atoms with Crippen LogP contribution in [0, 0.1) is 0 Å². The molecule has 1 fully saturated rings. The molecule has 4 rings (SSSR count). The maximum Gasteiger partial charge on any atom is 0.222 e. The third kappa shape index (κ3) is 5.23. The molecule has 0 spiro atoms. The highest BCUT2D eigenvalue weighted by Crippen LogP contribution is 2.28. The van der Waals surface area contributed by atoms with Gasteiger partial charge in [0.1, 0.15) is 11.9 Å². The zero-order valence-corrected chi connectivity index (χ0v) is 17.1. The summed E-state index contributed by atoms with van der Waals surface area (Å²) in [6.45, 7) is 1.81. The third-order valence-corrected chi connectivity index (χ3v) is 5.51. The fourth-order valence-corrected chi connectivity index (χ4v) is 3.87. The number of likely N-dealkylation sites (tertiary alicyclic amines) is 1. The van der Waals surface area contributed by atoms with Crippen LogP contribution >= 0.6 is 0 Å². The number of ether oxygens (including phenoxy) is 1. The van der Waals surface area contributed by atoms with Crippen LogP contribution in [0.25, 0.3) is 0 Å². The first kappa shape index (κ1) is 20.1. The van der Waals surface area contributed by atoms with E-state index >= 15 is 0 Å². The van der Waals surface area contributed by atoms with Gasteiger partial charge in [-0.05, 0) is 78.8 Å². The number of piperidine rings is 1. The Labute approximate surface area is 177 Å². The van der Waals surface area contributed by atoms with Gasteiger partial charge in [0.05, 0.1) is 0 Å². The Morgan fingerprint density at radius 3 is 2.17 bits per heavy atom. The van der Waals surface area contributed by atoms with Gasteiger partial charge in [-0.1, -0.05) is 12.1 Å². The Morgan fingerprint density at radius 2 is 1.53 bits per heavy atom. The number of carbonyl (C=O) groups is 1. The summed E-state index contributed by atoms with van der Waals surface area (Å²) in [5, 5.41) is 0. The SMILES string of the molecule is O=C(CCc1cccc(OC(c2ccncc2)c2ccncc2)c1)N1CCCCC1. The molecule has 3 aromatic rings. The predicted octanol–water partition coefficient (Wildman–Crippen LogP) is 4.59. The van der Waals surface area contributed by atoms with E-state index in [-0.39, 0.29) is 12.0 Å². The van der Waals surface area contributed by atoms with Gasteiger partial charge in [0.15, 0.2) is 0 Å². The molecule has 1 amide bonds. The van der Waals surface area contributed by atoms with Crippen LogP contribution in [0.4, 0.5) is 0 Å². The summed E-state index contributed by atoms with van der Waals surface area (Å²) in [4.78, 5) is 22.7. The number of hydrogen-bond acceptors (Lipinski definition) is 4. The molecule has 2 aromatic heterocycles. The number of aromatic nitrogens is 2. The summed E-state index contributed by atoms with van der Waals surface area (Å²) in [7, 11) is 0. The van der Waals surface area contributed by atoms with E-state index in [2.05, 4.69) is 16.0 Å². The van der Waals surface area contributed by atoms with E-state index < -0.39 is 0 Å². The number of aryl methyl sites for hydroxylation is 1. The van der Waals surface area contributed by atoms with Crippen molar-refractivity contribution in [3.63, 3.8) is 0 Å². The second-order valence-electron chi connectivity index (χ2n) is 7.65. The minimum Gasteiger partial charge on any atom is -0.481 e. The second-order valence-corrected chi connectivity index (χ2v) is 7.65. The number of pyridine rings is 2. The lowest BCUT2D eigenvalue weighted by Crippen LogP contribution is -2.35. The standard InChI is InChI=1S/C25H27N3O2/c29-24(28-17-2-1-3-18-28)8-7-20-5-4-6-23(19-20)30-25(21-9-13-26-14-10-21)22-11-15-27-16-12-22/h4-6,9-16,19,25H,1-3,7-8,17-18H2. The highest BCUT2D eigenvalue weighted by molar-refractivity contribution is 5.76. The van der Waals surface area contributed by atoms with Gasteiger partial charge in [-0.3, -0.25) is 14.8 Å². The highest BCUT2D eigenvalue weighted by Gasteiger charge is 2.18. The van der Waals surface area contributed by atoms with Crippen molar-refractivity contribution in [2.24, 2.45) is 0 Å². The molecular weight excluding hydrogens is 374 g/mol. The van der Waals surface area contributed by atoms with Crippen molar-refractivity contribution >= 4 is 5.91 Å². The first-order valence-corrected chi connectivity index (χ1v) is 10.6. The lowest BCUT2D eigenvalue weighted by Gasteiger charge is -2.26. The van der Waals surface area contributed by atoms with Gasteiger partial charge in [-0.15, -0.1) is 0 Å². The van der Waals surface area contributed by atoms with Crippen molar-refractivity contribution < 1.29 is 9.53 Å². The van der Waals surface area contributed by atoms with Gasteiger partial charge >= 0.3 is 0 Å². The molecule has 30 heavy (non-hydrogen) atoms. The van der Waals surface area contributed by atoms with Crippen LogP contribution in [0.5, 0.6) is 5.75 Å². The monoisotopic (exact) mass is 401 g/mol. The van der Waals surface area contributed by atoms with Crippen molar-refractivity contribution in [3.8, 4) is 5.75 Å². The first-order valence-electron chi connectivity index (χ1n) is 10.6. The minimum absolute atomic E-state index is 0.249. The molecule has 5 nitrogen and oxygen atoms in total. The van der Waals surface area contributed by atoms with Gasteiger partial charge < -0.3 is 9.64 Å². The average Bonchev–Trinajstić information content (AvgIpc) is 2.83. The van der Waals surface area contributed by atoms with Crippen LogP contribution in [0.1, 0.15) is 48.5 Å². The molecule has 1 aliphatic rings. The maximum absolute atomic E-state index is 12.5. The Morgan fingerprint density at radius 1 is 0.900 bits per heavy atom. The van der Waals surface area contributed by atoms with Gasteiger partial charge in [-0.2, -0.15) is 0 Å². The molecule has 0 bridgehead atoms.